The minimum atomic E-state index is -1.07. The molecule has 2 N–H and O–H groups in total. The molecule has 0 aliphatic heterocycles. The Morgan fingerprint density at radius 1 is 1.53 bits per heavy atom. The van der Waals surface area contributed by atoms with Crippen molar-refractivity contribution in [3.05, 3.63) is 32.7 Å². The van der Waals surface area contributed by atoms with Crippen LogP contribution < -0.4 is 5.56 Å². The molecule has 0 aliphatic carbocycles. The zero-order valence-electron chi connectivity index (χ0n) is 10.6. The Morgan fingerprint density at radius 3 is 2.63 bits per heavy atom. The molecular weight excluding hydrogens is 316 g/mol. The summed E-state index contributed by atoms with van der Waals surface area (Å²) in [5.74, 6) is -1.49. The quantitative estimate of drug-likeness (QED) is 0.855. The van der Waals surface area contributed by atoms with Gasteiger partial charge in [0.15, 0.2) is 0 Å². The number of halogens is 1. The predicted molar refractivity (Wildman–Crippen MR) is 73.2 cm³/mol. The molecule has 6 nitrogen and oxygen atoms in total. The van der Waals surface area contributed by atoms with Crippen molar-refractivity contribution >= 4 is 27.8 Å². The molecule has 0 aliphatic rings. The predicted octanol–water partition coefficient (Wildman–Crippen LogP) is 1.46. The summed E-state index contributed by atoms with van der Waals surface area (Å²) in [7, 11) is 0. The van der Waals surface area contributed by atoms with Crippen LogP contribution in [0.1, 0.15) is 30.6 Å². The van der Waals surface area contributed by atoms with Crippen LogP contribution in [0.25, 0.3) is 0 Å². The van der Waals surface area contributed by atoms with Crippen LogP contribution in [0.15, 0.2) is 21.5 Å². The molecule has 1 atom stereocenters. The Bertz CT molecular complexity index is 541. The smallest absolute Gasteiger partial charge is 0.323 e. The average molecular weight is 331 g/mol. The number of aromatic amines is 1. The largest absolute Gasteiger partial charge is 0.480 e. The summed E-state index contributed by atoms with van der Waals surface area (Å²) in [6.45, 7) is 3.28. The molecule has 7 heteroatoms. The minimum Gasteiger partial charge on any atom is -0.480 e. The highest BCUT2D eigenvalue weighted by Crippen LogP contribution is 2.12. The van der Waals surface area contributed by atoms with Gasteiger partial charge in [-0.3, -0.25) is 14.4 Å². The molecule has 0 saturated heterocycles. The second-order valence-electron chi connectivity index (χ2n) is 4.15. The molecule has 0 spiro atoms. The number of aliphatic carboxylic acids is 1. The molecular formula is C12H15BrN2O4. The standard InChI is InChI=1S/C12H15BrN2O4/c1-3-7(2)15(6-10(16)17)12(19)8-4-9(13)11(18)14-5-8/h4-5,7H,3,6H2,1-2H3,(H,14,18)(H,16,17). The van der Waals surface area contributed by atoms with Crippen molar-refractivity contribution in [1.82, 2.24) is 9.88 Å². The van der Waals surface area contributed by atoms with Gasteiger partial charge in [-0.2, -0.15) is 0 Å². The molecule has 1 rings (SSSR count). The fourth-order valence-corrected chi connectivity index (χ4v) is 1.90. The fourth-order valence-electron chi connectivity index (χ4n) is 1.54. The zero-order chi connectivity index (χ0) is 14.6. The average Bonchev–Trinajstić information content (AvgIpc) is 2.37. The van der Waals surface area contributed by atoms with Crippen LogP contribution in [0, 0.1) is 0 Å². The number of pyridine rings is 1. The molecule has 1 aromatic heterocycles. The highest BCUT2D eigenvalue weighted by Gasteiger charge is 2.23. The van der Waals surface area contributed by atoms with Gasteiger partial charge in [0, 0.05) is 12.2 Å². The molecule has 1 amide bonds. The summed E-state index contributed by atoms with van der Waals surface area (Å²) in [5, 5.41) is 8.86. The monoisotopic (exact) mass is 330 g/mol. The van der Waals surface area contributed by atoms with Crippen LogP contribution >= 0.6 is 15.9 Å². The molecule has 0 bridgehead atoms. The summed E-state index contributed by atoms with van der Waals surface area (Å²) >= 11 is 3.04. The van der Waals surface area contributed by atoms with Gasteiger partial charge in [-0.1, -0.05) is 6.92 Å². The Balaban J connectivity index is 3.07. The number of amides is 1. The molecule has 1 heterocycles. The normalized spacial score (nSPS) is 11.9. The Hall–Kier alpha value is -1.63. The van der Waals surface area contributed by atoms with E-state index in [1.807, 2.05) is 6.92 Å². The van der Waals surface area contributed by atoms with Crippen LogP contribution in [0.2, 0.25) is 0 Å². The highest BCUT2D eigenvalue weighted by molar-refractivity contribution is 9.10. The first-order valence-electron chi connectivity index (χ1n) is 5.77. The van der Waals surface area contributed by atoms with Crippen molar-refractivity contribution in [3.8, 4) is 0 Å². The minimum absolute atomic E-state index is 0.200. The molecule has 19 heavy (non-hydrogen) atoms. The number of carboxylic acids is 1. The molecule has 0 aromatic carbocycles. The van der Waals surface area contributed by atoms with Crippen molar-refractivity contribution < 1.29 is 14.7 Å². The number of H-pyrrole nitrogens is 1. The van der Waals surface area contributed by atoms with Crippen molar-refractivity contribution in [1.29, 1.82) is 0 Å². The third-order valence-electron chi connectivity index (χ3n) is 2.79. The first-order chi connectivity index (χ1) is 8.86. The Labute approximate surface area is 118 Å². The van der Waals surface area contributed by atoms with E-state index >= 15 is 0 Å². The Morgan fingerprint density at radius 2 is 2.16 bits per heavy atom. The molecule has 0 radical (unpaired) electrons. The molecule has 0 fully saturated rings. The van der Waals surface area contributed by atoms with Gasteiger partial charge >= 0.3 is 5.97 Å². The summed E-state index contributed by atoms with van der Waals surface area (Å²) in [4.78, 5) is 38.0. The van der Waals surface area contributed by atoms with Gasteiger partial charge < -0.3 is 15.0 Å². The van der Waals surface area contributed by atoms with E-state index in [1.54, 1.807) is 6.92 Å². The summed E-state index contributed by atoms with van der Waals surface area (Å²) < 4.78 is 0.234. The summed E-state index contributed by atoms with van der Waals surface area (Å²) in [6, 6.07) is 1.19. The number of carbonyl (C=O) groups is 2. The van der Waals surface area contributed by atoms with Gasteiger partial charge in [-0.15, -0.1) is 0 Å². The van der Waals surface area contributed by atoms with Gasteiger partial charge in [0.1, 0.15) is 6.54 Å². The van der Waals surface area contributed by atoms with E-state index in [0.717, 1.165) is 0 Å². The zero-order valence-corrected chi connectivity index (χ0v) is 12.2. The topological polar surface area (TPSA) is 90.5 Å². The van der Waals surface area contributed by atoms with Crippen LogP contribution in [0.5, 0.6) is 0 Å². The fraction of sp³-hybridized carbons (Fsp3) is 0.417. The lowest BCUT2D eigenvalue weighted by atomic mass is 10.1. The lowest BCUT2D eigenvalue weighted by Gasteiger charge is -2.26. The van der Waals surface area contributed by atoms with Gasteiger partial charge in [-0.25, -0.2) is 0 Å². The van der Waals surface area contributed by atoms with Crippen LogP contribution in [0.3, 0.4) is 0 Å². The van der Waals surface area contributed by atoms with E-state index in [1.165, 1.54) is 17.2 Å². The van der Waals surface area contributed by atoms with Gasteiger partial charge in [0.05, 0.1) is 10.0 Å². The van der Waals surface area contributed by atoms with Crippen molar-refractivity contribution in [2.24, 2.45) is 0 Å². The SMILES string of the molecule is CCC(C)N(CC(=O)O)C(=O)c1c[nH]c(=O)c(Br)c1. The van der Waals surface area contributed by atoms with E-state index in [2.05, 4.69) is 20.9 Å². The molecule has 104 valence electrons. The third kappa shape index (κ3) is 3.92. The maximum atomic E-state index is 12.3. The number of carbonyl (C=O) groups excluding carboxylic acids is 1. The first-order valence-corrected chi connectivity index (χ1v) is 6.57. The van der Waals surface area contributed by atoms with E-state index in [-0.39, 0.29) is 28.2 Å². The summed E-state index contributed by atoms with van der Waals surface area (Å²) in [6.07, 6.45) is 1.93. The molecule has 1 unspecified atom stereocenters. The van der Waals surface area contributed by atoms with Crippen molar-refractivity contribution in [2.75, 3.05) is 6.54 Å². The Kier molecular flexibility index (Phi) is 5.29. The van der Waals surface area contributed by atoms with Crippen LogP contribution in [-0.2, 0) is 4.79 Å². The molecule has 0 saturated carbocycles. The summed E-state index contributed by atoms with van der Waals surface area (Å²) in [5.41, 5.74) is -0.0992. The number of rotatable bonds is 5. The maximum Gasteiger partial charge on any atom is 0.323 e. The van der Waals surface area contributed by atoms with E-state index in [9.17, 15) is 14.4 Å². The van der Waals surface area contributed by atoms with Gasteiger partial charge in [0.2, 0.25) is 0 Å². The number of hydrogen-bond acceptors (Lipinski definition) is 3. The van der Waals surface area contributed by atoms with E-state index < -0.39 is 11.9 Å². The van der Waals surface area contributed by atoms with Crippen molar-refractivity contribution in [3.63, 3.8) is 0 Å². The van der Waals surface area contributed by atoms with Crippen LogP contribution in [0.4, 0.5) is 0 Å². The lowest BCUT2D eigenvalue weighted by molar-refractivity contribution is -0.138. The number of nitrogens with one attached hydrogen (secondary N) is 1. The van der Waals surface area contributed by atoms with Crippen LogP contribution in [-0.4, -0.2) is 39.5 Å². The number of nitrogens with zero attached hydrogens (tertiary/aromatic N) is 1. The van der Waals surface area contributed by atoms with E-state index in [4.69, 9.17) is 5.11 Å². The third-order valence-corrected chi connectivity index (χ3v) is 3.38. The van der Waals surface area contributed by atoms with E-state index in [0.29, 0.717) is 6.42 Å². The number of aromatic nitrogens is 1. The van der Waals surface area contributed by atoms with Gasteiger partial charge in [0.25, 0.3) is 11.5 Å². The maximum absolute atomic E-state index is 12.3. The highest BCUT2D eigenvalue weighted by atomic mass is 79.9. The first kappa shape index (κ1) is 15.4. The van der Waals surface area contributed by atoms with Gasteiger partial charge in [-0.05, 0) is 35.3 Å². The number of carboxylic acid groups (broad SMARTS) is 1. The second-order valence-corrected chi connectivity index (χ2v) is 5.00. The number of hydrogen-bond donors (Lipinski definition) is 2. The molecule has 1 aromatic rings. The lowest BCUT2D eigenvalue weighted by Crippen LogP contribution is -2.42. The second kappa shape index (κ2) is 6.51. The van der Waals surface area contributed by atoms with Crippen molar-refractivity contribution in [2.45, 2.75) is 26.3 Å².